The summed E-state index contributed by atoms with van der Waals surface area (Å²) in [5, 5.41) is 7.78. The van der Waals surface area contributed by atoms with Gasteiger partial charge < -0.3 is 4.74 Å². The number of nitrogens with zero attached hydrogens (tertiary/aromatic N) is 6. The molecule has 0 spiro atoms. The Balaban J connectivity index is 1.66. The summed E-state index contributed by atoms with van der Waals surface area (Å²) in [6.07, 6.45) is 3.28. The van der Waals surface area contributed by atoms with Gasteiger partial charge in [0.2, 0.25) is 0 Å². The zero-order chi connectivity index (χ0) is 21.3. The summed E-state index contributed by atoms with van der Waals surface area (Å²) in [6, 6.07) is 11.7. The lowest BCUT2D eigenvalue weighted by molar-refractivity contribution is 0.302. The van der Waals surface area contributed by atoms with Gasteiger partial charge in [0.25, 0.3) is 0 Å². The van der Waals surface area contributed by atoms with Crippen molar-refractivity contribution in [1.29, 1.82) is 0 Å². The van der Waals surface area contributed by atoms with Gasteiger partial charge in [-0.1, -0.05) is 12.1 Å². The Kier molecular flexibility index (Phi) is 5.14. The fourth-order valence-electron chi connectivity index (χ4n) is 3.36. The fraction of sp³-hybridized carbons (Fsp3) is 0.227. The molecule has 152 valence electrons. The second-order valence-electron chi connectivity index (χ2n) is 7.19. The Hall–Kier alpha value is -3.81. The molecule has 0 aliphatic carbocycles. The Morgan fingerprint density at radius 3 is 2.53 bits per heavy atom. The van der Waals surface area contributed by atoms with Crippen LogP contribution in [-0.2, 0) is 13.7 Å². The molecule has 8 nitrogen and oxygen atoms in total. The van der Waals surface area contributed by atoms with E-state index >= 15 is 0 Å². The van der Waals surface area contributed by atoms with Gasteiger partial charge >= 0.3 is 5.69 Å². The van der Waals surface area contributed by atoms with Gasteiger partial charge in [0.1, 0.15) is 18.7 Å². The highest BCUT2D eigenvalue weighted by Crippen LogP contribution is 2.30. The molecule has 2 aromatic carbocycles. The number of benzene rings is 2. The van der Waals surface area contributed by atoms with Crippen molar-refractivity contribution < 1.29 is 4.74 Å². The number of hydrogen-bond acceptors (Lipinski definition) is 6. The van der Waals surface area contributed by atoms with E-state index in [0.717, 1.165) is 39.3 Å². The topological polar surface area (TPSA) is 87.7 Å². The summed E-state index contributed by atoms with van der Waals surface area (Å²) in [5.74, 6) is 0.783. The molecule has 0 N–H and O–H groups in total. The second kappa shape index (κ2) is 7.90. The Labute approximate surface area is 173 Å². The third-order valence-electron chi connectivity index (χ3n) is 5.09. The molecule has 4 rings (SSSR count). The van der Waals surface area contributed by atoms with Crippen molar-refractivity contribution in [3.8, 4) is 22.7 Å². The molecule has 0 fully saturated rings. The van der Waals surface area contributed by atoms with E-state index in [1.165, 1.54) is 9.36 Å². The maximum Gasteiger partial charge on any atom is 0.368 e. The molecule has 0 saturated carbocycles. The molecule has 0 amide bonds. The zero-order valence-corrected chi connectivity index (χ0v) is 17.3. The van der Waals surface area contributed by atoms with Gasteiger partial charge in [-0.2, -0.15) is 9.36 Å². The van der Waals surface area contributed by atoms with E-state index in [0.29, 0.717) is 12.3 Å². The molecule has 4 aromatic rings. The van der Waals surface area contributed by atoms with Gasteiger partial charge in [0.15, 0.2) is 0 Å². The fourth-order valence-corrected chi connectivity index (χ4v) is 3.36. The van der Waals surface area contributed by atoms with Gasteiger partial charge in [0.05, 0.1) is 11.4 Å². The van der Waals surface area contributed by atoms with Crippen LogP contribution in [0, 0.1) is 20.8 Å². The maximum atomic E-state index is 12.3. The molecule has 8 heteroatoms. The second-order valence-corrected chi connectivity index (χ2v) is 7.19. The van der Waals surface area contributed by atoms with Crippen molar-refractivity contribution in [2.24, 2.45) is 7.05 Å². The lowest BCUT2D eigenvalue weighted by Gasteiger charge is -2.16. The first kappa shape index (κ1) is 19.5. The van der Waals surface area contributed by atoms with Crippen LogP contribution in [0.3, 0.4) is 0 Å². The van der Waals surface area contributed by atoms with E-state index in [-0.39, 0.29) is 5.69 Å². The number of aryl methyl sites for hydroxylation is 4. The molecule has 2 aromatic heterocycles. The van der Waals surface area contributed by atoms with Gasteiger partial charge in [-0.3, -0.25) is 0 Å². The minimum Gasteiger partial charge on any atom is -0.489 e. The summed E-state index contributed by atoms with van der Waals surface area (Å²) in [4.78, 5) is 20.7. The molecule has 0 unspecified atom stereocenters. The number of hydrogen-bond donors (Lipinski definition) is 0. The Morgan fingerprint density at radius 1 is 1.00 bits per heavy atom. The molecule has 0 bridgehead atoms. The SMILES string of the molecule is Cc1cc(-c2ccncn2)c(C)cc1OCc1c(C)cccc1-n1nnn(C)c1=O. The van der Waals surface area contributed by atoms with Crippen LogP contribution in [-0.4, -0.2) is 29.8 Å². The summed E-state index contributed by atoms with van der Waals surface area (Å²) in [7, 11) is 1.57. The lowest BCUT2D eigenvalue weighted by Crippen LogP contribution is -2.23. The van der Waals surface area contributed by atoms with E-state index in [1.807, 2.05) is 51.1 Å². The zero-order valence-electron chi connectivity index (χ0n) is 17.3. The van der Waals surface area contributed by atoms with Crippen LogP contribution in [0.25, 0.3) is 16.9 Å². The predicted octanol–water partition coefficient (Wildman–Crippen LogP) is 2.93. The number of ether oxygens (including phenoxy) is 1. The first-order valence-corrected chi connectivity index (χ1v) is 9.54. The molecule has 0 radical (unpaired) electrons. The van der Waals surface area contributed by atoms with Crippen LogP contribution < -0.4 is 10.4 Å². The van der Waals surface area contributed by atoms with Crippen molar-refractivity contribution in [2.45, 2.75) is 27.4 Å². The van der Waals surface area contributed by atoms with E-state index in [1.54, 1.807) is 19.6 Å². The van der Waals surface area contributed by atoms with E-state index in [9.17, 15) is 4.79 Å². The van der Waals surface area contributed by atoms with Crippen LogP contribution in [0.15, 0.2) is 53.7 Å². The molecule has 0 aliphatic rings. The smallest absolute Gasteiger partial charge is 0.368 e. The third kappa shape index (κ3) is 3.59. The van der Waals surface area contributed by atoms with Crippen molar-refractivity contribution in [3.63, 3.8) is 0 Å². The molecule has 0 aliphatic heterocycles. The van der Waals surface area contributed by atoms with E-state index in [2.05, 4.69) is 26.5 Å². The van der Waals surface area contributed by atoms with E-state index < -0.39 is 0 Å². The summed E-state index contributed by atoms with van der Waals surface area (Å²) >= 11 is 0. The summed E-state index contributed by atoms with van der Waals surface area (Å²) < 4.78 is 8.68. The van der Waals surface area contributed by atoms with Crippen molar-refractivity contribution in [2.75, 3.05) is 0 Å². The molecular formula is C22H22N6O2. The molecular weight excluding hydrogens is 380 g/mol. The van der Waals surface area contributed by atoms with E-state index in [4.69, 9.17) is 4.74 Å². The van der Waals surface area contributed by atoms with Crippen LogP contribution >= 0.6 is 0 Å². The van der Waals surface area contributed by atoms with Crippen molar-refractivity contribution >= 4 is 0 Å². The minimum absolute atomic E-state index is 0.303. The van der Waals surface area contributed by atoms with Crippen LogP contribution in [0.5, 0.6) is 5.75 Å². The summed E-state index contributed by atoms with van der Waals surface area (Å²) in [6.45, 7) is 6.32. The molecule has 30 heavy (non-hydrogen) atoms. The summed E-state index contributed by atoms with van der Waals surface area (Å²) in [5.41, 5.74) is 6.24. The van der Waals surface area contributed by atoms with Gasteiger partial charge in [0, 0.05) is 24.4 Å². The first-order chi connectivity index (χ1) is 14.5. The minimum atomic E-state index is -0.303. The molecule has 0 atom stereocenters. The lowest BCUT2D eigenvalue weighted by atomic mass is 10.0. The molecule has 2 heterocycles. The number of tetrazole rings is 1. The van der Waals surface area contributed by atoms with Crippen LogP contribution in [0.1, 0.15) is 22.3 Å². The quantitative estimate of drug-likeness (QED) is 0.510. The highest BCUT2D eigenvalue weighted by molar-refractivity contribution is 5.66. The first-order valence-electron chi connectivity index (χ1n) is 9.54. The highest BCUT2D eigenvalue weighted by Gasteiger charge is 2.15. The Bertz CT molecular complexity index is 1260. The largest absolute Gasteiger partial charge is 0.489 e. The number of aromatic nitrogens is 6. The van der Waals surface area contributed by atoms with Gasteiger partial charge in [-0.25, -0.2) is 14.8 Å². The average Bonchev–Trinajstić information content (AvgIpc) is 3.08. The Morgan fingerprint density at radius 2 is 1.83 bits per heavy atom. The molecule has 0 saturated heterocycles. The average molecular weight is 402 g/mol. The van der Waals surface area contributed by atoms with Crippen LogP contribution in [0.4, 0.5) is 0 Å². The van der Waals surface area contributed by atoms with Gasteiger partial charge in [-0.05, 0) is 72.2 Å². The van der Waals surface area contributed by atoms with Crippen molar-refractivity contribution in [1.82, 2.24) is 29.8 Å². The number of rotatable bonds is 5. The predicted molar refractivity (Wildman–Crippen MR) is 113 cm³/mol. The standard InChI is InChI=1S/C22H22N6O2/c1-14-6-5-7-20(28-22(29)27(4)25-26-28)18(14)12-30-21-11-15(2)17(10-16(21)3)19-8-9-23-13-24-19/h5-11,13H,12H2,1-4H3. The normalized spacial score (nSPS) is 10.9. The third-order valence-corrected chi connectivity index (χ3v) is 5.09. The monoisotopic (exact) mass is 402 g/mol. The highest BCUT2D eigenvalue weighted by atomic mass is 16.5. The maximum absolute atomic E-state index is 12.3. The van der Waals surface area contributed by atoms with Gasteiger partial charge in [-0.15, -0.1) is 0 Å². The van der Waals surface area contributed by atoms with Crippen LogP contribution in [0.2, 0.25) is 0 Å². The van der Waals surface area contributed by atoms with Crippen molar-refractivity contribution in [3.05, 3.63) is 81.7 Å².